The average Bonchev–Trinajstić information content (AvgIpc) is 2.58. The molecule has 1 aromatic rings. The molecule has 2 N–H and O–H groups in total. The van der Waals surface area contributed by atoms with Crippen molar-refractivity contribution in [3.05, 3.63) is 29.6 Å². The first kappa shape index (κ1) is 19.6. The molecule has 2 atom stereocenters. The van der Waals surface area contributed by atoms with Crippen LogP contribution in [-0.2, 0) is 10.3 Å². The van der Waals surface area contributed by atoms with Gasteiger partial charge in [-0.1, -0.05) is 6.42 Å². The minimum absolute atomic E-state index is 0. The number of hydrogen-bond donors (Lipinski definition) is 1. The van der Waals surface area contributed by atoms with Gasteiger partial charge in [0.25, 0.3) is 5.91 Å². The second kappa shape index (κ2) is 7.10. The third-order valence-electron chi connectivity index (χ3n) is 7.20. The SMILES string of the molecule is COC1(c2ccnc(C(N)=O)c2)C2CCCC1CN(C1(C)CCC1)C2.Cl. The van der Waals surface area contributed by atoms with Crippen LogP contribution in [0.1, 0.15) is 61.5 Å². The number of likely N-dealkylation sites (tertiary alicyclic amines) is 1. The highest BCUT2D eigenvalue weighted by atomic mass is 35.5. The number of rotatable bonds is 4. The molecular weight excluding hydrogens is 350 g/mol. The highest BCUT2D eigenvalue weighted by Crippen LogP contribution is 2.54. The van der Waals surface area contributed by atoms with Gasteiger partial charge >= 0.3 is 0 Å². The maximum atomic E-state index is 11.6. The first-order valence-corrected chi connectivity index (χ1v) is 9.56. The largest absolute Gasteiger partial charge is 0.373 e. The van der Waals surface area contributed by atoms with Crippen molar-refractivity contribution in [1.29, 1.82) is 0 Å². The predicted octanol–water partition coefficient (Wildman–Crippen LogP) is 3.12. The van der Waals surface area contributed by atoms with Gasteiger partial charge in [-0.05, 0) is 56.7 Å². The van der Waals surface area contributed by atoms with Crippen molar-refractivity contribution in [3.63, 3.8) is 0 Å². The van der Waals surface area contributed by atoms with E-state index in [0.29, 0.717) is 23.1 Å². The Balaban J connectivity index is 0.00000196. The number of nitrogens with two attached hydrogens (primary N) is 1. The number of carbonyl (C=O) groups is 1. The fourth-order valence-electron chi connectivity index (χ4n) is 5.61. The van der Waals surface area contributed by atoms with Gasteiger partial charge in [0.1, 0.15) is 11.3 Å². The van der Waals surface area contributed by atoms with Gasteiger partial charge in [-0.3, -0.25) is 14.7 Å². The van der Waals surface area contributed by atoms with Gasteiger partial charge < -0.3 is 10.5 Å². The molecule has 3 aliphatic rings. The Morgan fingerprint density at radius 3 is 2.42 bits per heavy atom. The van der Waals surface area contributed by atoms with E-state index in [4.69, 9.17) is 10.5 Å². The van der Waals surface area contributed by atoms with Gasteiger partial charge in [0, 0.05) is 43.8 Å². The molecule has 144 valence electrons. The monoisotopic (exact) mass is 379 g/mol. The van der Waals surface area contributed by atoms with Gasteiger partial charge in [-0.25, -0.2) is 0 Å². The summed E-state index contributed by atoms with van der Waals surface area (Å²) in [5, 5.41) is 0. The molecule has 1 saturated heterocycles. The fraction of sp³-hybridized carbons (Fsp3) is 0.700. The molecule has 2 saturated carbocycles. The maximum absolute atomic E-state index is 11.6. The zero-order valence-electron chi connectivity index (χ0n) is 15.7. The summed E-state index contributed by atoms with van der Waals surface area (Å²) in [6, 6.07) is 3.87. The third kappa shape index (κ3) is 2.85. The van der Waals surface area contributed by atoms with Crippen molar-refractivity contribution < 1.29 is 9.53 Å². The number of aromatic nitrogens is 1. The van der Waals surface area contributed by atoms with E-state index in [-0.39, 0.29) is 18.0 Å². The topological polar surface area (TPSA) is 68.5 Å². The summed E-state index contributed by atoms with van der Waals surface area (Å²) < 4.78 is 6.27. The lowest BCUT2D eigenvalue weighted by atomic mass is 9.61. The molecular formula is C20H30ClN3O2. The molecule has 2 heterocycles. The van der Waals surface area contributed by atoms with Crippen LogP contribution in [0, 0.1) is 11.8 Å². The molecule has 26 heavy (non-hydrogen) atoms. The first-order chi connectivity index (χ1) is 12.0. The Hall–Kier alpha value is -1.17. The molecule has 0 radical (unpaired) electrons. The number of pyridine rings is 1. The van der Waals surface area contributed by atoms with Crippen LogP contribution in [0.5, 0.6) is 0 Å². The fourth-order valence-corrected chi connectivity index (χ4v) is 5.61. The van der Waals surface area contributed by atoms with Gasteiger partial charge in [-0.15, -0.1) is 12.4 Å². The molecule has 2 aliphatic carbocycles. The Kier molecular flexibility index (Phi) is 5.35. The summed E-state index contributed by atoms with van der Waals surface area (Å²) >= 11 is 0. The lowest BCUT2D eigenvalue weighted by Crippen LogP contribution is -2.65. The molecule has 0 aromatic carbocycles. The lowest BCUT2D eigenvalue weighted by molar-refractivity contribution is -0.188. The van der Waals surface area contributed by atoms with E-state index in [9.17, 15) is 4.79 Å². The Morgan fingerprint density at radius 1 is 1.27 bits per heavy atom. The van der Waals surface area contributed by atoms with Crippen molar-refractivity contribution in [1.82, 2.24) is 9.88 Å². The highest BCUT2D eigenvalue weighted by molar-refractivity contribution is 5.90. The average molecular weight is 380 g/mol. The first-order valence-electron chi connectivity index (χ1n) is 9.56. The van der Waals surface area contributed by atoms with Crippen LogP contribution in [-0.4, -0.2) is 41.5 Å². The molecule has 3 fully saturated rings. The summed E-state index contributed by atoms with van der Waals surface area (Å²) in [5.74, 6) is 0.425. The number of piperidine rings is 1. The van der Waals surface area contributed by atoms with Crippen molar-refractivity contribution in [3.8, 4) is 0 Å². The second-order valence-corrected chi connectivity index (χ2v) is 8.37. The maximum Gasteiger partial charge on any atom is 0.267 e. The number of primary amides is 1. The number of ether oxygens (including phenoxy) is 1. The van der Waals surface area contributed by atoms with Crippen LogP contribution in [0.2, 0.25) is 0 Å². The predicted molar refractivity (Wildman–Crippen MR) is 103 cm³/mol. The zero-order chi connectivity index (χ0) is 17.7. The van der Waals surface area contributed by atoms with Crippen LogP contribution in [0.25, 0.3) is 0 Å². The van der Waals surface area contributed by atoms with E-state index >= 15 is 0 Å². The molecule has 5 nitrogen and oxygen atoms in total. The Bertz CT molecular complexity index is 663. The van der Waals surface area contributed by atoms with Crippen LogP contribution >= 0.6 is 12.4 Å². The molecule has 1 amide bonds. The number of nitrogens with zero attached hydrogens (tertiary/aromatic N) is 2. The van der Waals surface area contributed by atoms with Crippen LogP contribution in [0.3, 0.4) is 0 Å². The zero-order valence-corrected chi connectivity index (χ0v) is 16.6. The Labute approximate surface area is 162 Å². The number of amides is 1. The molecule has 2 bridgehead atoms. The van der Waals surface area contributed by atoms with Crippen LogP contribution < -0.4 is 5.73 Å². The van der Waals surface area contributed by atoms with Gasteiger partial charge in [-0.2, -0.15) is 0 Å². The lowest BCUT2D eigenvalue weighted by Gasteiger charge is -2.60. The van der Waals surface area contributed by atoms with Crippen molar-refractivity contribution >= 4 is 18.3 Å². The minimum Gasteiger partial charge on any atom is -0.373 e. The number of fused-ring (bicyclic) bond motifs is 2. The van der Waals surface area contributed by atoms with E-state index < -0.39 is 5.91 Å². The van der Waals surface area contributed by atoms with Crippen molar-refractivity contribution in [2.24, 2.45) is 17.6 Å². The number of halogens is 1. The summed E-state index contributed by atoms with van der Waals surface area (Å²) in [6.45, 7) is 4.58. The van der Waals surface area contributed by atoms with E-state index in [2.05, 4.69) is 16.8 Å². The quantitative estimate of drug-likeness (QED) is 0.872. The van der Waals surface area contributed by atoms with Crippen LogP contribution in [0.4, 0.5) is 0 Å². The molecule has 6 heteroatoms. The summed E-state index contributed by atoms with van der Waals surface area (Å²) in [7, 11) is 1.83. The standard InChI is InChI=1S/C20H29N3O2.ClH/c1-19(8-4-9-19)23-12-15-5-3-6-16(13-23)20(15,25-2)14-7-10-22-17(11-14)18(21)24;/h7,10-11,15-16H,3-6,8-9,12-13H2,1-2H3,(H2,21,24);1H. The Morgan fingerprint density at radius 2 is 1.92 bits per heavy atom. The molecule has 1 aromatic heterocycles. The number of hydrogen-bond acceptors (Lipinski definition) is 4. The molecule has 0 spiro atoms. The molecule has 1 aliphatic heterocycles. The van der Waals surface area contributed by atoms with Crippen LogP contribution in [0.15, 0.2) is 18.3 Å². The van der Waals surface area contributed by atoms with E-state index in [1.807, 2.05) is 19.2 Å². The normalized spacial score (nSPS) is 33.0. The smallest absolute Gasteiger partial charge is 0.267 e. The molecule has 4 rings (SSSR count). The van der Waals surface area contributed by atoms with Crippen molar-refractivity contribution in [2.45, 2.75) is 56.6 Å². The third-order valence-corrected chi connectivity index (χ3v) is 7.20. The van der Waals surface area contributed by atoms with E-state index in [1.165, 1.54) is 38.5 Å². The van der Waals surface area contributed by atoms with E-state index in [0.717, 1.165) is 18.7 Å². The summed E-state index contributed by atoms with van der Waals surface area (Å²) in [6.07, 6.45) is 9.28. The van der Waals surface area contributed by atoms with Gasteiger partial charge in [0.05, 0.1) is 0 Å². The number of methoxy groups -OCH3 is 1. The van der Waals surface area contributed by atoms with E-state index in [1.54, 1.807) is 6.20 Å². The summed E-state index contributed by atoms with van der Waals surface area (Å²) in [4.78, 5) is 18.5. The molecule has 2 unspecified atom stereocenters. The van der Waals surface area contributed by atoms with Crippen molar-refractivity contribution in [2.75, 3.05) is 20.2 Å². The highest BCUT2D eigenvalue weighted by Gasteiger charge is 2.56. The van der Waals surface area contributed by atoms with Gasteiger partial charge in [0.15, 0.2) is 0 Å². The number of carbonyl (C=O) groups excluding carboxylic acids is 1. The minimum atomic E-state index is -0.474. The summed E-state index contributed by atoms with van der Waals surface area (Å²) in [5.41, 5.74) is 6.94. The van der Waals surface area contributed by atoms with Gasteiger partial charge in [0.2, 0.25) is 0 Å². The second-order valence-electron chi connectivity index (χ2n) is 8.37.